The maximum absolute atomic E-state index is 12.2. The molecule has 0 aliphatic heterocycles. The normalized spacial score (nSPS) is 26.6. The van der Waals surface area contributed by atoms with Crippen molar-refractivity contribution in [3.05, 3.63) is 58.1 Å². The number of hydrogen-bond donors (Lipinski definition) is 0. The topological polar surface area (TPSA) is 43.4 Å². The number of hydrogen-bond acceptors (Lipinski definition) is 3. The molecule has 0 heterocycles. The molecule has 3 nitrogen and oxygen atoms in total. The lowest BCUT2D eigenvalue weighted by molar-refractivity contribution is -0.112. The van der Waals surface area contributed by atoms with Gasteiger partial charge in [-0.3, -0.25) is 0 Å². The Hall–Kier alpha value is -1.87. The maximum Gasteiger partial charge on any atom is 0.337 e. The molecule has 1 aromatic carbocycles. The zero-order valence-electron chi connectivity index (χ0n) is 13.0. The van der Waals surface area contributed by atoms with Gasteiger partial charge in [-0.1, -0.05) is 36.2 Å². The van der Waals surface area contributed by atoms with Gasteiger partial charge in [-0.2, -0.15) is 0 Å². The van der Waals surface area contributed by atoms with Crippen molar-refractivity contribution in [2.75, 3.05) is 7.11 Å². The highest BCUT2D eigenvalue weighted by Crippen LogP contribution is 2.49. The zero-order valence-corrected chi connectivity index (χ0v) is 13.8. The smallest absolute Gasteiger partial charge is 0.337 e. The van der Waals surface area contributed by atoms with Crippen LogP contribution in [-0.4, -0.2) is 19.4 Å². The van der Waals surface area contributed by atoms with Crippen LogP contribution in [0.25, 0.3) is 0 Å². The Labute approximate surface area is 141 Å². The molecule has 0 saturated heterocycles. The highest BCUT2D eigenvalue weighted by Gasteiger charge is 2.43. The molecule has 1 unspecified atom stereocenters. The van der Waals surface area contributed by atoms with Gasteiger partial charge in [-0.15, -0.1) is 0 Å². The summed E-state index contributed by atoms with van der Waals surface area (Å²) in [5, 5.41) is 0.837. The minimum Gasteiger partial charge on any atom is -0.465 e. The minimum atomic E-state index is -0.666. The summed E-state index contributed by atoms with van der Waals surface area (Å²) in [5.41, 5.74) is 1.78. The number of allylic oxidation sites excluding steroid dienone is 4. The molecule has 0 radical (unpaired) electrons. The van der Waals surface area contributed by atoms with E-state index in [9.17, 15) is 9.59 Å². The number of halogens is 1. The van der Waals surface area contributed by atoms with Gasteiger partial charge in [0.2, 0.25) is 0 Å². The van der Waals surface area contributed by atoms with E-state index in [0.29, 0.717) is 11.5 Å². The van der Waals surface area contributed by atoms with E-state index in [1.54, 1.807) is 12.1 Å². The molecule has 0 spiro atoms. The number of benzene rings is 1. The van der Waals surface area contributed by atoms with Crippen molar-refractivity contribution < 1.29 is 14.3 Å². The van der Waals surface area contributed by atoms with Gasteiger partial charge in [-0.25, -0.2) is 4.79 Å². The van der Waals surface area contributed by atoms with E-state index in [1.807, 2.05) is 24.3 Å². The van der Waals surface area contributed by atoms with Gasteiger partial charge >= 0.3 is 5.97 Å². The Balaban J connectivity index is 2.10. The van der Waals surface area contributed by atoms with Crippen LogP contribution in [-0.2, 0) is 14.9 Å². The number of aldehydes is 1. The van der Waals surface area contributed by atoms with Gasteiger partial charge in [0.15, 0.2) is 0 Å². The fourth-order valence-electron chi connectivity index (χ4n) is 3.82. The fourth-order valence-corrected chi connectivity index (χ4v) is 4.07. The van der Waals surface area contributed by atoms with E-state index >= 15 is 0 Å². The number of methoxy groups -OCH3 is 1. The molecule has 3 rings (SSSR count). The first kappa shape index (κ1) is 16.0. The third-order valence-corrected chi connectivity index (χ3v) is 5.24. The first-order valence-electron chi connectivity index (χ1n) is 7.82. The Morgan fingerprint density at radius 1 is 1.39 bits per heavy atom. The van der Waals surface area contributed by atoms with E-state index < -0.39 is 5.41 Å². The molecule has 0 bridgehead atoms. The van der Waals surface area contributed by atoms with Gasteiger partial charge in [0, 0.05) is 5.03 Å². The van der Waals surface area contributed by atoms with Crippen LogP contribution >= 0.6 is 11.6 Å². The second-order valence-electron chi connectivity index (χ2n) is 6.19. The number of ether oxygens (including phenoxy) is 1. The quantitative estimate of drug-likeness (QED) is 0.617. The highest BCUT2D eigenvalue weighted by atomic mass is 35.5. The lowest BCUT2D eigenvalue weighted by Gasteiger charge is -2.42. The van der Waals surface area contributed by atoms with Crippen LogP contribution in [0.15, 0.2) is 47.0 Å². The Morgan fingerprint density at radius 3 is 2.96 bits per heavy atom. The number of rotatable bonds is 3. The van der Waals surface area contributed by atoms with E-state index in [1.165, 1.54) is 7.11 Å². The van der Waals surface area contributed by atoms with Gasteiger partial charge in [0.05, 0.1) is 18.1 Å². The lowest BCUT2D eigenvalue weighted by atomic mass is 9.61. The van der Waals surface area contributed by atoms with Crippen molar-refractivity contribution >= 4 is 23.9 Å². The summed E-state index contributed by atoms with van der Waals surface area (Å²) in [6.07, 6.45) is 8.48. The van der Waals surface area contributed by atoms with Crippen molar-refractivity contribution in [3.63, 3.8) is 0 Å². The van der Waals surface area contributed by atoms with Crippen LogP contribution in [0.4, 0.5) is 0 Å². The number of carbonyl (C=O) groups excluding carboxylic acids is 2. The average Bonchev–Trinajstić information content (AvgIpc) is 2.60. The van der Waals surface area contributed by atoms with E-state index in [0.717, 1.165) is 48.1 Å². The largest absolute Gasteiger partial charge is 0.465 e. The van der Waals surface area contributed by atoms with Crippen molar-refractivity contribution in [1.29, 1.82) is 0 Å². The predicted molar refractivity (Wildman–Crippen MR) is 89.5 cm³/mol. The van der Waals surface area contributed by atoms with E-state index in [4.69, 9.17) is 16.3 Å². The van der Waals surface area contributed by atoms with Crippen LogP contribution in [0, 0.1) is 5.92 Å². The number of esters is 1. The summed E-state index contributed by atoms with van der Waals surface area (Å²) in [5.74, 6) is -0.0888. The minimum absolute atomic E-state index is 0.299. The maximum atomic E-state index is 12.2. The van der Waals surface area contributed by atoms with Crippen LogP contribution in [0.2, 0.25) is 0 Å². The molecule has 1 fully saturated rings. The van der Waals surface area contributed by atoms with Crippen LogP contribution in [0.1, 0.15) is 41.6 Å². The van der Waals surface area contributed by atoms with Crippen LogP contribution in [0.3, 0.4) is 0 Å². The average molecular weight is 331 g/mol. The van der Waals surface area contributed by atoms with Crippen LogP contribution in [0.5, 0.6) is 0 Å². The molecule has 1 aromatic rings. The molecule has 2 aliphatic carbocycles. The van der Waals surface area contributed by atoms with Crippen molar-refractivity contribution in [2.24, 2.45) is 5.92 Å². The molecule has 0 N–H and O–H groups in total. The molecule has 120 valence electrons. The van der Waals surface area contributed by atoms with E-state index in [2.05, 4.69) is 0 Å². The summed E-state index contributed by atoms with van der Waals surface area (Å²) in [6, 6.07) is 7.22. The summed E-state index contributed by atoms with van der Waals surface area (Å²) >= 11 is 6.17. The lowest BCUT2D eigenvalue weighted by Crippen LogP contribution is -2.38. The molecule has 4 heteroatoms. The number of carbonyl (C=O) groups is 2. The third kappa shape index (κ3) is 2.74. The van der Waals surface area contributed by atoms with Gasteiger partial charge in [0.25, 0.3) is 0 Å². The van der Waals surface area contributed by atoms with Gasteiger partial charge in [0.1, 0.15) is 6.29 Å². The molecule has 0 aromatic heterocycles. The summed E-state index contributed by atoms with van der Waals surface area (Å²) in [4.78, 5) is 24.0. The molecule has 1 saturated carbocycles. The highest BCUT2D eigenvalue weighted by molar-refractivity contribution is 6.29. The zero-order chi connectivity index (χ0) is 16.4. The Morgan fingerprint density at radius 2 is 2.22 bits per heavy atom. The summed E-state index contributed by atoms with van der Waals surface area (Å²) < 4.78 is 4.80. The molecular weight excluding hydrogens is 312 g/mol. The standard InChI is InChI=1S/C19H19ClO3/c1-23-18(22)14-4-2-6-15(10-14)19(12-21)9-3-5-13-11-16(20)7-8-17(13)19/h2,4,6-8,10,12-13H,3,5,9,11H2,1H3/t13?,19-/m0/s1. The van der Waals surface area contributed by atoms with Crippen molar-refractivity contribution in [3.8, 4) is 0 Å². The van der Waals surface area contributed by atoms with Crippen molar-refractivity contribution in [2.45, 2.75) is 31.1 Å². The van der Waals surface area contributed by atoms with Crippen molar-refractivity contribution in [1.82, 2.24) is 0 Å². The van der Waals surface area contributed by atoms with E-state index in [-0.39, 0.29) is 5.97 Å². The predicted octanol–water partition coefficient (Wildman–Crippen LogP) is 4.16. The summed E-state index contributed by atoms with van der Waals surface area (Å²) in [6.45, 7) is 0. The fraction of sp³-hybridized carbons (Fsp3) is 0.368. The second kappa shape index (κ2) is 6.32. The summed E-state index contributed by atoms with van der Waals surface area (Å²) in [7, 11) is 1.36. The molecular formula is C19H19ClO3. The molecule has 2 atom stereocenters. The molecule has 0 amide bonds. The monoisotopic (exact) mass is 330 g/mol. The van der Waals surface area contributed by atoms with Gasteiger partial charge < -0.3 is 9.53 Å². The number of fused-ring (bicyclic) bond motifs is 1. The Bertz CT molecular complexity index is 704. The molecule has 2 aliphatic rings. The van der Waals surface area contributed by atoms with Gasteiger partial charge in [-0.05, 0) is 54.5 Å². The first-order chi connectivity index (χ1) is 11.1. The SMILES string of the molecule is COC(=O)c1cccc([C@@]2(C=O)CCCC3CC(Cl)=CC=C32)c1. The van der Waals surface area contributed by atoms with Crippen LogP contribution < -0.4 is 0 Å². The third-order valence-electron chi connectivity index (χ3n) is 4.96. The molecule has 23 heavy (non-hydrogen) atoms. The first-order valence-corrected chi connectivity index (χ1v) is 8.20. The Kier molecular flexibility index (Phi) is 4.40. The second-order valence-corrected chi connectivity index (χ2v) is 6.68.